The molecule has 0 radical (unpaired) electrons. The minimum absolute atomic E-state index is 0.125. The lowest BCUT2D eigenvalue weighted by molar-refractivity contribution is 0.0225. The molecular formula is C24H30ClN5O2. The fourth-order valence-electron chi connectivity index (χ4n) is 5.03. The zero-order chi connectivity index (χ0) is 22.5. The minimum atomic E-state index is -0.443. The highest BCUT2D eigenvalue weighted by atomic mass is 35.5. The first-order chi connectivity index (χ1) is 15.3. The van der Waals surface area contributed by atoms with Crippen LogP contribution in [0.4, 0.5) is 11.6 Å². The van der Waals surface area contributed by atoms with Crippen LogP contribution in [0.1, 0.15) is 41.0 Å². The highest BCUT2D eigenvalue weighted by Gasteiger charge is 2.43. The van der Waals surface area contributed by atoms with Crippen LogP contribution < -0.4 is 14.5 Å². The Labute approximate surface area is 194 Å². The van der Waals surface area contributed by atoms with Gasteiger partial charge in [-0.3, -0.25) is 4.79 Å². The van der Waals surface area contributed by atoms with Gasteiger partial charge in [0.05, 0.1) is 12.0 Å². The molecule has 1 aromatic carbocycles. The number of ether oxygens (including phenoxy) is 1. The summed E-state index contributed by atoms with van der Waals surface area (Å²) in [5.74, 6) is 3.59. The van der Waals surface area contributed by atoms with Crippen LogP contribution in [0.2, 0.25) is 5.02 Å². The van der Waals surface area contributed by atoms with Gasteiger partial charge in [0.2, 0.25) is 0 Å². The third kappa shape index (κ3) is 4.04. The van der Waals surface area contributed by atoms with Crippen LogP contribution in [0.25, 0.3) is 0 Å². The molecule has 0 saturated carbocycles. The molecule has 4 heterocycles. The van der Waals surface area contributed by atoms with E-state index in [1.807, 2.05) is 19.9 Å². The van der Waals surface area contributed by atoms with E-state index in [4.69, 9.17) is 26.3 Å². The number of Topliss-reactive ketones (excluding diaryl/α,β-unsaturated/α-hetero) is 1. The van der Waals surface area contributed by atoms with E-state index >= 15 is 0 Å². The van der Waals surface area contributed by atoms with E-state index < -0.39 is 5.60 Å². The summed E-state index contributed by atoms with van der Waals surface area (Å²) in [5.41, 5.74) is 1.10. The van der Waals surface area contributed by atoms with Crippen molar-refractivity contribution >= 4 is 29.0 Å². The molecule has 3 aliphatic heterocycles. The number of piperidine rings is 1. The summed E-state index contributed by atoms with van der Waals surface area (Å²) in [4.78, 5) is 29.3. The number of piperazine rings is 1. The summed E-state index contributed by atoms with van der Waals surface area (Å²) in [7, 11) is 2.16. The molecule has 32 heavy (non-hydrogen) atoms. The summed E-state index contributed by atoms with van der Waals surface area (Å²) < 4.78 is 6.50. The molecule has 2 aromatic rings. The van der Waals surface area contributed by atoms with Crippen LogP contribution in [0, 0.1) is 13.8 Å². The van der Waals surface area contributed by atoms with Crippen molar-refractivity contribution in [3.8, 4) is 5.75 Å². The van der Waals surface area contributed by atoms with Gasteiger partial charge in [-0.1, -0.05) is 11.6 Å². The Kier molecular flexibility index (Phi) is 5.50. The number of aryl methyl sites for hydroxylation is 2. The van der Waals surface area contributed by atoms with Gasteiger partial charge in [-0.25, -0.2) is 9.97 Å². The second kappa shape index (κ2) is 8.19. The number of hydrogen-bond acceptors (Lipinski definition) is 7. The largest absolute Gasteiger partial charge is 0.486 e. The van der Waals surface area contributed by atoms with E-state index in [-0.39, 0.29) is 5.78 Å². The molecule has 1 spiro atoms. The molecule has 0 bridgehead atoms. The standard InChI is InChI=1S/C24H30ClN5O2/c1-16-12-18(25)13-19-20(31)15-24(32-23(16)19)4-6-29(7-5-24)21-14-22(27-17(2)26-21)30-10-8-28(3)9-11-30/h12-14H,4-11,15H2,1-3H3. The van der Waals surface area contributed by atoms with E-state index in [9.17, 15) is 4.79 Å². The molecule has 7 nitrogen and oxygen atoms in total. The molecule has 170 valence electrons. The van der Waals surface area contributed by atoms with E-state index in [1.165, 1.54) is 0 Å². The number of nitrogens with zero attached hydrogens (tertiary/aromatic N) is 5. The molecular weight excluding hydrogens is 426 g/mol. The van der Waals surface area contributed by atoms with Crippen LogP contribution in [-0.2, 0) is 0 Å². The van der Waals surface area contributed by atoms with E-state index in [0.29, 0.717) is 22.8 Å². The van der Waals surface area contributed by atoms with Crippen molar-refractivity contribution in [3.05, 3.63) is 40.2 Å². The van der Waals surface area contributed by atoms with Gasteiger partial charge >= 0.3 is 0 Å². The quantitative estimate of drug-likeness (QED) is 0.686. The number of carbonyl (C=O) groups excluding carboxylic acids is 1. The van der Waals surface area contributed by atoms with Gasteiger partial charge in [-0.05, 0) is 38.6 Å². The van der Waals surface area contributed by atoms with Gasteiger partial charge in [0.25, 0.3) is 0 Å². The Bertz CT molecular complexity index is 1040. The van der Waals surface area contributed by atoms with Gasteiger partial charge in [-0.2, -0.15) is 0 Å². The topological polar surface area (TPSA) is 61.8 Å². The molecule has 5 rings (SSSR count). The van der Waals surface area contributed by atoms with Crippen LogP contribution in [0.15, 0.2) is 18.2 Å². The molecule has 0 atom stereocenters. The molecule has 0 N–H and O–H groups in total. The minimum Gasteiger partial charge on any atom is -0.486 e. The van der Waals surface area contributed by atoms with Crippen molar-refractivity contribution in [1.82, 2.24) is 14.9 Å². The smallest absolute Gasteiger partial charge is 0.170 e. The average molecular weight is 456 g/mol. The zero-order valence-electron chi connectivity index (χ0n) is 19.0. The first kappa shape index (κ1) is 21.5. The van der Waals surface area contributed by atoms with E-state index in [0.717, 1.165) is 75.1 Å². The summed E-state index contributed by atoms with van der Waals surface area (Å²) in [5, 5.41) is 0.583. The Morgan fingerprint density at radius 2 is 1.56 bits per heavy atom. The second-order valence-electron chi connectivity index (χ2n) is 9.39. The zero-order valence-corrected chi connectivity index (χ0v) is 19.8. The lowest BCUT2D eigenvalue weighted by atomic mass is 9.82. The molecule has 8 heteroatoms. The Morgan fingerprint density at radius 1 is 0.938 bits per heavy atom. The second-order valence-corrected chi connectivity index (χ2v) is 9.83. The van der Waals surface area contributed by atoms with Crippen LogP contribution in [0.3, 0.4) is 0 Å². The number of anilines is 2. The van der Waals surface area contributed by atoms with E-state index in [1.54, 1.807) is 6.07 Å². The predicted molar refractivity (Wildman–Crippen MR) is 126 cm³/mol. The lowest BCUT2D eigenvalue weighted by Gasteiger charge is -2.44. The van der Waals surface area contributed by atoms with Gasteiger partial charge in [0.1, 0.15) is 28.8 Å². The van der Waals surface area contributed by atoms with Crippen molar-refractivity contribution < 1.29 is 9.53 Å². The van der Waals surface area contributed by atoms with Gasteiger partial charge in [-0.15, -0.1) is 0 Å². The first-order valence-corrected chi connectivity index (χ1v) is 11.8. The van der Waals surface area contributed by atoms with Gasteiger partial charge < -0.3 is 19.4 Å². The van der Waals surface area contributed by atoms with Crippen molar-refractivity contribution in [1.29, 1.82) is 0 Å². The fourth-order valence-corrected chi connectivity index (χ4v) is 5.30. The molecule has 1 aromatic heterocycles. The number of rotatable bonds is 2. The van der Waals surface area contributed by atoms with E-state index in [2.05, 4.69) is 27.8 Å². The summed E-state index contributed by atoms with van der Waals surface area (Å²) in [6.45, 7) is 9.56. The molecule has 3 aliphatic rings. The fraction of sp³-hybridized carbons (Fsp3) is 0.542. The maximum absolute atomic E-state index is 12.9. The van der Waals surface area contributed by atoms with Crippen molar-refractivity contribution in [2.75, 3.05) is 56.1 Å². The Morgan fingerprint density at radius 3 is 2.22 bits per heavy atom. The lowest BCUT2D eigenvalue weighted by Crippen LogP contribution is -2.51. The number of likely N-dealkylation sites (N-methyl/N-ethyl adjacent to an activating group) is 1. The number of halogens is 1. The third-order valence-electron chi connectivity index (χ3n) is 6.98. The molecule has 0 amide bonds. The molecule has 2 fully saturated rings. The predicted octanol–water partition coefficient (Wildman–Crippen LogP) is 3.50. The van der Waals surface area contributed by atoms with Gasteiger partial charge in [0.15, 0.2) is 5.78 Å². The highest BCUT2D eigenvalue weighted by Crippen LogP contribution is 2.42. The summed E-state index contributed by atoms with van der Waals surface area (Å²) in [6, 6.07) is 5.72. The van der Waals surface area contributed by atoms with Crippen molar-refractivity contribution in [2.24, 2.45) is 0 Å². The molecule has 2 saturated heterocycles. The highest BCUT2D eigenvalue weighted by molar-refractivity contribution is 6.31. The average Bonchev–Trinajstić information content (AvgIpc) is 2.75. The number of fused-ring (bicyclic) bond motifs is 1. The number of aromatic nitrogens is 2. The normalized spacial score (nSPS) is 20.9. The maximum atomic E-state index is 12.9. The third-order valence-corrected chi connectivity index (χ3v) is 7.20. The first-order valence-electron chi connectivity index (χ1n) is 11.4. The molecule has 0 aliphatic carbocycles. The Balaban J connectivity index is 1.32. The monoisotopic (exact) mass is 455 g/mol. The number of carbonyl (C=O) groups is 1. The van der Waals surface area contributed by atoms with Crippen LogP contribution in [0.5, 0.6) is 5.75 Å². The SMILES string of the molecule is Cc1nc(N2CCN(C)CC2)cc(N2CCC3(CC2)CC(=O)c2cc(Cl)cc(C)c2O3)n1. The van der Waals surface area contributed by atoms with Gasteiger partial charge in [0, 0.05) is 63.2 Å². The van der Waals surface area contributed by atoms with Crippen molar-refractivity contribution in [3.63, 3.8) is 0 Å². The molecule has 0 unspecified atom stereocenters. The van der Waals surface area contributed by atoms with Crippen LogP contribution >= 0.6 is 11.6 Å². The number of ketones is 1. The number of hydrogen-bond donors (Lipinski definition) is 0. The summed E-state index contributed by atoms with van der Waals surface area (Å²) >= 11 is 6.17. The van der Waals surface area contributed by atoms with Crippen molar-refractivity contribution in [2.45, 2.75) is 38.7 Å². The van der Waals surface area contributed by atoms with Crippen LogP contribution in [-0.4, -0.2) is 72.6 Å². The Hall–Kier alpha value is -2.38. The summed E-state index contributed by atoms with van der Waals surface area (Å²) in [6.07, 6.45) is 1.98. The number of benzene rings is 1. The maximum Gasteiger partial charge on any atom is 0.170 e.